The molecule has 0 spiro atoms. The van der Waals surface area contributed by atoms with Gasteiger partial charge in [0.2, 0.25) is 5.91 Å². The van der Waals surface area contributed by atoms with Crippen molar-refractivity contribution in [1.29, 1.82) is 0 Å². The Balaban J connectivity index is 2.53. The largest absolute Gasteiger partial charge is 0.351 e. The predicted octanol–water partition coefficient (Wildman–Crippen LogP) is -0.0925. The zero-order valence-electron chi connectivity index (χ0n) is 8.47. The van der Waals surface area contributed by atoms with Gasteiger partial charge in [-0.05, 0) is 19.9 Å². The number of nitrogens with one attached hydrogen (secondary N) is 1. The molecule has 0 aromatic carbocycles. The van der Waals surface area contributed by atoms with E-state index in [2.05, 4.69) is 10.4 Å². The minimum Gasteiger partial charge on any atom is -0.351 e. The summed E-state index contributed by atoms with van der Waals surface area (Å²) in [6.45, 7) is 4.11. The van der Waals surface area contributed by atoms with Crippen LogP contribution in [0.1, 0.15) is 19.9 Å². The lowest BCUT2D eigenvalue weighted by atomic mass is 10.2. The first-order valence-electron chi connectivity index (χ1n) is 4.64. The molecular formula is C9H16N4O. The fourth-order valence-corrected chi connectivity index (χ4v) is 1.05. The number of carbonyl (C=O) groups is 1. The van der Waals surface area contributed by atoms with Crippen molar-refractivity contribution in [1.82, 2.24) is 15.1 Å². The average molecular weight is 196 g/mol. The van der Waals surface area contributed by atoms with Crippen LogP contribution in [0.4, 0.5) is 0 Å². The molecule has 0 aliphatic rings. The number of hydrogen-bond donors (Lipinski definition) is 2. The van der Waals surface area contributed by atoms with E-state index < -0.39 is 0 Å². The number of rotatable bonds is 4. The molecule has 2 atom stereocenters. The Morgan fingerprint density at radius 3 is 2.86 bits per heavy atom. The smallest absolute Gasteiger partial charge is 0.244 e. The molecule has 1 heterocycles. The highest BCUT2D eigenvalue weighted by atomic mass is 16.2. The zero-order chi connectivity index (χ0) is 10.6. The summed E-state index contributed by atoms with van der Waals surface area (Å²) in [5.74, 6) is -0.0633. The quantitative estimate of drug-likeness (QED) is 0.706. The van der Waals surface area contributed by atoms with E-state index >= 15 is 0 Å². The first-order valence-corrected chi connectivity index (χ1v) is 4.64. The number of amides is 1. The van der Waals surface area contributed by atoms with Crippen molar-refractivity contribution in [2.24, 2.45) is 5.73 Å². The maximum atomic E-state index is 11.6. The van der Waals surface area contributed by atoms with E-state index in [4.69, 9.17) is 5.73 Å². The molecule has 14 heavy (non-hydrogen) atoms. The maximum Gasteiger partial charge on any atom is 0.244 e. The van der Waals surface area contributed by atoms with Gasteiger partial charge in [0.15, 0.2) is 0 Å². The van der Waals surface area contributed by atoms with Crippen LogP contribution < -0.4 is 11.1 Å². The molecule has 1 aromatic heterocycles. The molecule has 1 rings (SSSR count). The number of hydrogen-bond acceptors (Lipinski definition) is 3. The average Bonchev–Trinajstić information content (AvgIpc) is 2.69. The Morgan fingerprint density at radius 1 is 1.64 bits per heavy atom. The highest BCUT2D eigenvalue weighted by Crippen LogP contribution is 2.02. The Hall–Kier alpha value is -1.36. The van der Waals surface area contributed by atoms with Crippen LogP contribution in [0.25, 0.3) is 0 Å². The van der Waals surface area contributed by atoms with Gasteiger partial charge in [-0.25, -0.2) is 0 Å². The van der Waals surface area contributed by atoms with Crippen molar-refractivity contribution in [2.45, 2.75) is 25.9 Å². The fourth-order valence-electron chi connectivity index (χ4n) is 1.05. The zero-order valence-corrected chi connectivity index (χ0v) is 8.47. The molecule has 5 heteroatoms. The van der Waals surface area contributed by atoms with Crippen LogP contribution >= 0.6 is 0 Å². The van der Waals surface area contributed by atoms with Crippen LogP contribution in [0.5, 0.6) is 0 Å². The summed E-state index contributed by atoms with van der Waals surface area (Å²) in [6.07, 6.45) is 3.41. The van der Waals surface area contributed by atoms with Gasteiger partial charge in [-0.15, -0.1) is 0 Å². The van der Waals surface area contributed by atoms with Gasteiger partial charge in [0.1, 0.15) is 6.04 Å². The number of nitrogens with two attached hydrogens (primary N) is 1. The molecule has 3 N–H and O–H groups in total. The molecule has 0 saturated heterocycles. The number of nitrogens with zero attached hydrogens (tertiary/aromatic N) is 2. The lowest BCUT2D eigenvalue weighted by molar-refractivity contribution is -0.124. The first kappa shape index (κ1) is 10.7. The Morgan fingerprint density at radius 2 is 2.36 bits per heavy atom. The first-order chi connectivity index (χ1) is 6.65. The van der Waals surface area contributed by atoms with E-state index in [0.29, 0.717) is 6.54 Å². The minimum absolute atomic E-state index is 0.000474. The second-order valence-corrected chi connectivity index (χ2v) is 3.31. The van der Waals surface area contributed by atoms with E-state index in [1.807, 2.05) is 6.92 Å². The molecule has 78 valence electrons. The molecular weight excluding hydrogens is 180 g/mol. The molecule has 5 nitrogen and oxygen atoms in total. The molecule has 0 bridgehead atoms. The van der Waals surface area contributed by atoms with E-state index in [1.165, 1.54) is 0 Å². The lowest BCUT2D eigenvalue weighted by Gasteiger charge is -2.16. The van der Waals surface area contributed by atoms with Gasteiger partial charge in [0.05, 0.1) is 0 Å². The van der Waals surface area contributed by atoms with Crippen molar-refractivity contribution in [2.75, 3.05) is 6.54 Å². The molecule has 1 aromatic rings. The standard InChI is InChI=1S/C9H16N4O/c1-7(6-10)12-9(14)8(2)13-5-3-4-11-13/h3-5,7-8H,6,10H2,1-2H3,(H,12,14)/t7-,8?/m1/s1. The topological polar surface area (TPSA) is 72.9 Å². The molecule has 1 amide bonds. The maximum absolute atomic E-state index is 11.6. The molecule has 1 unspecified atom stereocenters. The molecule has 0 aliphatic heterocycles. The van der Waals surface area contributed by atoms with E-state index in [1.54, 1.807) is 30.1 Å². The summed E-state index contributed by atoms with van der Waals surface area (Å²) in [6, 6.07) is 1.50. The highest BCUT2D eigenvalue weighted by molar-refractivity contribution is 5.80. The van der Waals surface area contributed by atoms with Crippen LogP contribution in [0.2, 0.25) is 0 Å². The monoisotopic (exact) mass is 196 g/mol. The van der Waals surface area contributed by atoms with Crippen LogP contribution in [-0.4, -0.2) is 28.3 Å². The van der Waals surface area contributed by atoms with Gasteiger partial charge >= 0.3 is 0 Å². The van der Waals surface area contributed by atoms with Gasteiger partial charge in [-0.1, -0.05) is 0 Å². The summed E-state index contributed by atoms with van der Waals surface area (Å²) < 4.78 is 1.61. The molecule has 0 saturated carbocycles. The molecule has 0 radical (unpaired) electrons. The SMILES string of the molecule is CC(C(=O)N[C@H](C)CN)n1cccn1. The summed E-state index contributed by atoms with van der Waals surface area (Å²) in [4.78, 5) is 11.6. The van der Waals surface area contributed by atoms with Gasteiger partial charge in [0.25, 0.3) is 0 Å². The van der Waals surface area contributed by atoms with E-state index in [0.717, 1.165) is 0 Å². The highest BCUT2D eigenvalue weighted by Gasteiger charge is 2.15. The van der Waals surface area contributed by atoms with Crippen LogP contribution in [-0.2, 0) is 4.79 Å². The van der Waals surface area contributed by atoms with Crippen molar-refractivity contribution in [3.63, 3.8) is 0 Å². The second-order valence-electron chi connectivity index (χ2n) is 3.31. The predicted molar refractivity (Wildman–Crippen MR) is 53.6 cm³/mol. The summed E-state index contributed by atoms with van der Waals surface area (Å²) in [5, 5.41) is 6.79. The van der Waals surface area contributed by atoms with Crippen LogP contribution in [0.3, 0.4) is 0 Å². The lowest BCUT2D eigenvalue weighted by Crippen LogP contribution is -2.41. The minimum atomic E-state index is -0.293. The van der Waals surface area contributed by atoms with Gasteiger partial charge in [-0.2, -0.15) is 5.10 Å². The number of aromatic nitrogens is 2. The van der Waals surface area contributed by atoms with Crippen molar-refractivity contribution in [3.05, 3.63) is 18.5 Å². The summed E-state index contributed by atoms with van der Waals surface area (Å²) in [5.41, 5.74) is 5.40. The third kappa shape index (κ3) is 2.56. The normalized spacial score (nSPS) is 14.8. The van der Waals surface area contributed by atoms with Gasteiger partial charge in [0, 0.05) is 25.0 Å². The Kier molecular flexibility index (Phi) is 3.64. The van der Waals surface area contributed by atoms with E-state index in [-0.39, 0.29) is 18.0 Å². The Labute approximate surface area is 83.3 Å². The van der Waals surface area contributed by atoms with E-state index in [9.17, 15) is 4.79 Å². The Bertz CT molecular complexity index is 283. The third-order valence-electron chi connectivity index (χ3n) is 2.04. The van der Waals surface area contributed by atoms with Gasteiger partial charge in [-0.3, -0.25) is 9.48 Å². The molecule has 0 aliphatic carbocycles. The van der Waals surface area contributed by atoms with Crippen LogP contribution in [0.15, 0.2) is 18.5 Å². The summed E-state index contributed by atoms with van der Waals surface area (Å²) in [7, 11) is 0. The van der Waals surface area contributed by atoms with Crippen molar-refractivity contribution >= 4 is 5.91 Å². The molecule has 0 fully saturated rings. The van der Waals surface area contributed by atoms with Crippen LogP contribution in [0, 0.1) is 0 Å². The third-order valence-corrected chi connectivity index (χ3v) is 2.04. The fraction of sp³-hybridized carbons (Fsp3) is 0.556. The van der Waals surface area contributed by atoms with Gasteiger partial charge < -0.3 is 11.1 Å². The summed E-state index contributed by atoms with van der Waals surface area (Å²) >= 11 is 0. The van der Waals surface area contributed by atoms with Crippen molar-refractivity contribution < 1.29 is 4.79 Å². The second kappa shape index (κ2) is 4.76. The number of carbonyl (C=O) groups excluding carboxylic acids is 1. The van der Waals surface area contributed by atoms with Crippen molar-refractivity contribution in [3.8, 4) is 0 Å².